The molecule has 29 heavy (non-hydrogen) atoms. The van der Waals surface area contributed by atoms with Crippen LogP contribution in [0.5, 0.6) is 0 Å². The predicted octanol–water partition coefficient (Wildman–Crippen LogP) is 2.95. The van der Waals surface area contributed by atoms with Crippen molar-refractivity contribution in [1.82, 2.24) is 20.0 Å². The average molecular weight is 418 g/mol. The van der Waals surface area contributed by atoms with Crippen molar-refractivity contribution in [3.8, 4) is 0 Å². The maximum Gasteiger partial charge on any atom is 0.193 e. The minimum absolute atomic E-state index is 0.631. The second kappa shape index (κ2) is 11.8. The van der Waals surface area contributed by atoms with E-state index >= 15 is 0 Å². The van der Waals surface area contributed by atoms with Gasteiger partial charge in [0.15, 0.2) is 5.96 Å². The van der Waals surface area contributed by atoms with Gasteiger partial charge in [-0.25, -0.2) is 0 Å². The van der Waals surface area contributed by atoms with Gasteiger partial charge in [-0.2, -0.15) is 0 Å². The van der Waals surface area contributed by atoms with Gasteiger partial charge in [0.05, 0.1) is 0 Å². The molecule has 3 rings (SSSR count). The maximum absolute atomic E-state index is 4.57. The molecule has 2 atom stereocenters. The molecule has 2 heterocycles. The molecule has 2 aliphatic heterocycles. The second-order valence-electron chi connectivity index (χ2n) is 8.49. The number of benzene rings is 1. The van der Waals surface area contributed by atoms with Gasteiger partial charge in [0.2, 0.25) is 0 Å². The summed E-state index contributed by atoms with van der Waals surface area (Å²) in [6, 6.07) is 10.8. The van der Waals surface area contributed by atoms with Crippen molar-refractivity contribution in [1.29, 1.82) is 0 Å². The van der Waals surface area contributed by atoms with Crippen molar-refractivity contribution < 1.29 is 0 Å². The molecule has 2 aliphatic rings. The summed E-state index contributed by atoms with van der Waals surface area (Å²) in [5, 5.41) is 3.65. The van der Waals surface area contributed by atoms with Crippen LogP contribution in [0.4, 0.5) is 0 Å². The number of likely N-dealkylation sites (N-methyl/N-ethyl adjacent to an activating group) is 1. The first kappa shape index (κ1) is 22.4. The van der Waals surface area contributed by atoms with Crippen molar-refractivity contribution >= 4 is 17.7 Å². The lowest BCUT2D eigenvalue weighted by atomic mass is 10.1. The lowest BCUT2D eigenvalue weighted by molar-refractivity contribution is 0.124. The molecule has 6 heteroatoms. The zero-order chi connectivity index (χ0) is 20.5. The van der Waals surface area contributed by atoms with Crippen LogP contribution in [0, 0.1) is 11.8 Å². The highest BCUT2D eigenvalue weighted by Crippen LogP contribution is 2.25. The van der Waals surface area contributed by atoms with E-state index in [4.69, 9.17) is 0 Å². The summed E-state index contributed by atoms with van der Waals surface area (Å²) in [4.78, 5) is 13.6. The van der Waals surface area contributed by atoms with Gasteiger partial charge in [-0.3, -0.25) is 4.99 Å². The lowest BCUT2D eigenvalue weighted by Crippen LogP contribution is -2.49. The first-order chi connectivity index (χ1) is 14.2. The Kier molecular flexibility index (Phi) is 9.15. The van der Waals surface area contributed by atoms with Crippen molar-refractivity contribution in [2.45, 2.75) is 25.2 Å². The van der Waals surface area contributed by atoms with Crippen LogP contribution in [0.3, 0.4) is 0 Å². The van der Waals surface area contributed by atoms with Gasteiger partial charge in [0.1, 0.15) is 0 Å². The summed E-state index contributed by atoms with van der Waals surface area (Å²) in [7, 11) is 1.92. The Morgan fingerprint density at radius 2 is 1.86 bits per heavy atom. The molecule has 2 unspecified atom stereocenters. The predicted molar refractivity (Wildman–Crippen MR) is 126 cm³/mol. The van der Waals surface area contributed by atoms with E-state index in [1.54, 1.807) is 0 Å². The van der Waals surface area contributed by atoms with Gasteiger partial charge in [-0.05, 0) is 36.9 Å². The molecule has 2 fully saturated rings. The molecule has 0 spiro atoms. The van der Waals surface area contributed by atoms with E-state index < -0.39 is 0 Å². The highest BCUT2D eigenvalue weighted by molar-refractivity contribution is 7.99. The van der Waals surface area contributed by atoms with Crippen LogP contribution >= 0.6 is 11.8 Å². The number of nitrogens with zero attached hydrogens (tertiary/aromatic N) is 4. The fourth-order valence-electron chi connectivity index (χ4n) is 4.28. The number of piperazine rings is 1. The third-order valence-corrected chi connectivity index (χ3v) is 7.36. The van der Waals surface area contributed by atoms with E-state index in [2.05, 4.69) is 69.2 Å². The van der Waals surface area contributed by atoms with Gasteiger partial charge in [0.25, 0.3) is 0 Å². The Balaban J connectivity index is 1.35. The molecule has 2 saturated heterocycles. The Hall–Kier alpha value is -1.24. The minimum Gasteiger partial charge on any atom is -0.356 e. The third-order valence-electron chi connectivity index (χ3n) is 6.12. The quantitative estimate of drug-likeness (QED) is 0.400. The van der Waals surface area contributed by atoms with Gasteiger partial charge < -0.3 is 20.0 Å². The Bertz CT molecular complexity index is 615. The van der Waals surface area contributed by atoms with Crippen LogP contribution in [-0.2, 0) is 0 Å². The summed E-state index contributed by atoms with van der Waals surface area (Å²) in [6.45, 7) is 15.1. The smallest absolute Gasteiger partial charge is 0.193 e. The van der Waals surface area contributed by atoms with Gasteiger partial charge in [-0.1, -0.05) is 32.0 Å². The van der Waals surface area contributed by atoms with Crippen LogP contribution in [0.15, 0.2) is 40.2 Å². The maximum atomic E-state index is 4.57. The van der Waals surface area contributed by atoms with E-state index in [0.717, 1.165) is 31.5 Å². The second-order valence-corrected chi connectivity index (χ2v) is 9.59. The zero-order valence-electron chi connectivity index (χ0n) is 18.5. The third kappa shape index (κ3) is 7.19. The largest absolute Gasteiger partial charge is 0.356 e. The summed E-state index contributed by atoms with van der Waals surface area (Å²) >= 11 is 1.98. The number of hydrogen-bond acceptors (Lipinski definition) is 4. The van der Waals surface area contributed by atoms with E-state index in [9.17, 15) is 0 Å². The van der Waals surface area contributed by atoms with Crippen LogP contribution in [0.25, 0.3) is 0 Å². The lowest BCUT2D eigenvalue weighted by Gasteiger charge is -2.35. The molecule has 0 bridgehead atoms. The van der Waals surface area contributed by atoms with Crippen molar-refractivity contribution in [2.75, 3.05) is 71.7 Å². The zero-order valence-corrected chi connectivity index (χ0v) is 19.3. The SMILES string of the molecule is CCN1CCN(CC(C)CNC(=NC)N2CCC(CSc3ccccc3)C2)CC1. The number of thioether (sulfide) groups is 1. The number of guanidine groups is 1. The van der Waals surface area contributed by atoms with Crippen LogP contribution in [0.2, 0.25) is 0 Å². The topological polar surface area (TPSA) is 34.1 Å². The first-order valence-corrected chi connectivity index (χ1v) is 12.2. The minimum atomic E-state index is 0.631. The standard InChI is InChI=1S/C23H39N5S/c1-4-26-12-14-27(15-13-26)17-20(2)16-25-23(24-3)28-11-10-21(18-28)19-29-22-8-6-5-7-9-22/h5-9,20-21H,4,10-19H2,1-3H3,(H,24,25). The molecule has 5 nitrogen and oxygen atoms in total. The number of rotatable bonds is 8. The Labute approximate surface area is 181 Å². The molecule has 1 aromatic carbocycles. The van der Waals surface area contributed by atoms with Gasteiger partial charge >= 0.3 is 0 Å². The summed E-state index contributed by atoms with van der Waals surface area (Å²) in [5.41, 5.74) is 0. The molecule has 162 valence electrons. The summed E-state index contributed by atoms with van der Waals surface area (Å²) in [5.74, 6) is 3.65. The molecule has 0 aromatic heterocycles. The normalized spacial score (nSPS) is 22.8. The monoisotopic (exact) mass is 417 g/mol. The molecule has 0 radical (unpaired) electrons. The van der Waals surface area contributed by atoms with Crippen molar-refractivity contribution in [2.24, 2.45) is 16.8 Å². The van der Waals surface area contributed by atoms with Gasteiger partial charge in [0, 0.05) is 70.1 Å². The van der Waals surface area contributed by atoms with Crippen LogP contribution in [0.1, 0.15) is 20.3 Å². The van der Waals surface area contributed by atoms with E-state index in [1.165, 1.54) is 56.3 Å². The molecular formula is C23H39N5S. The summed E-state index contributed by atoms with van der Waals surface area (Å²) in [6.07, 6.45) is 1.26. The molecular weight excluding hydrogens is 378 g/mol. The van der Waals surface area contributed by atoms with Crippen LogP contribution in [-0.4, -0.2) is 92.4 Å². The fraction of sp³-hybridized carbons (Fsp3) is 0.696. The highest BCUT2D eigenvalue weighted by atomic mass is 32.2. The van der Waals surface area contributed by atoms with E-state index in [1.807, 2.05) is 18.8 Å². The van der Waals surface area contributed by atoms with Crippen LogP contribution < -0.4 is 5.32 Å². The number of aliphatic imine (C=N–C) groups is 1. The molecule has 0 saturated carbocycles. The highest BCUT2D eigenvalue weighted by Gasteiger charge is 2.25. The molecule has 0 aliphatic carbocycles. The molecule has 1 aromatic rings. The number of hydrogen-bond donors (Lipinski definition) is 1. The molecule has 1 N–H and O–H groups in total. The van der Waals surface area contributed by atoms with E-state index in [0.29, 0.717) is 5.92 Å². The Morgan fingerprint density at radius 3 is 2.55 bits per heavy atom. The van der Waals surface area contributed by atoms with Crippen molar-refractivity contribution in [3.05, 3.63) is 30.3 Å². The number of nitrogens with one attached hydrogen (secondary N) is 1. The first-order valence-electron chi connectivity index (χ1n) is 11.3. The van der Waals surface area contributed by atoms with E-state index in [-0.39, 0.29) is 0 Å². The van der Waals surface area contributed by atoms with Gasteiger partial charge in [-0.15, -0.1) is 11.8 Å². The Morgan fingerprint density at radius 1 is 1.14 bits per heavy atom. The van der Waals surface area contributed by atoms with Crippen molar-refractivity contribution in [3.63, 3.8) is 0 Å². The fourth-order valence-corrected chi connectivity index (χ4v) is 5.33. The molecule has 0 amide bonds. The number of likely N-dealkylation sites (tertiary alicyclic amines) is 1. The summed E-state index contributed by atoms with van der Waals surface area (Å²) < 4.78 is 0. The average Bonchev–Trinajstić information content (AvgIpc) is 3.23.